The predicted octanol–water partition coefficient (Wildman–Crippen LogP) is 5.64. The molecular weight excluding hydrogens is 322 g/mol. The molecule has 1 fully saturated rings. The largest absolute Gasteiger partial charge is 0.371 e. The van der Waals surface area contributed by atoms with Crippen LogP contribution in [0.1, 0.15) is 45.1 Å². The summed E-state index contributed by atoms with van der Waals surface area (Å²) >= 11 is 9.66. The van der Waals surface area contributed by atoms with Crippen molar-refractivity contribution in [1.29, 1.82) is 0 Å². The Labute approximate surface area is 130 Å². The third-order valence-corrected chi connectivity index (χ3v) is 5.69. The van der Waals surface area contributed by atoms with Crippen molar-refractivity contribution in [3.63, 3.8) is 0 Å². The summed E-state index contributed by atoms with van der Waals surface area (Å²) in [5, 5.41) is 1.69. The Bertz CT molecular complexity index is 419. The molecule has 3 heteroatoms. The molecule has 1 aromatic carbocycles. The topological polar surface area (TPSA) is 3.24 Å². The van der Waals surface area contributed by atoms with Crippen LogP contribution in [-0.2, 0) is 5.33 Å². The van der Waals surface area contributed by atoms with Crippen molar-refractivity contribution in [2.75, 3.05) is 18.0 Å². The van der Waals surface area contributed by atoms with E-state index in [0.717, 1.165) is 10.4 Å². The van der Waals surface area contributed by atoms with E-state index in [1.165, 1.54) is 50.0 Å². The second-order valence-electron chi connectivity index (χ2n) is 5.60. The number of benzene rings is 1. The van der Waals surface area contributed by atoms with E-state index in [4.69, 9.17) is 11.6 Å². The Morgan fingerprint density at radius 1 is 1.21 bits per heavy atom. The number of rotatable bonds is 4. The maximum atomic E-state index is 6.09. The molecule has 1 nitrogen and oxygen atoms in total. The van der Waals surface area contributed by atoms with Gasteiger partial charge in [-0.25, -0.2) is 0 Å². The molecule has 1 aliphatic rings. The van der Waals surface area contributed by atoms with Crippen molar-refractivity contribution in [2.24, 2.45) is 5.41 Å². The Morgan fingerprint density at radius 3 is 2.37 bits per heavy atom. The lowest BCUT2D eigenvalue weighted by Gasteiger charge is -2.42. The van der Waals surface area contributed by atoms with Gasteiger partial charge >= 0.3 is 0 Å². The van der Waals surface area contributed by atoms with Gasteiger partial charge in [-0.1, -0.05) is 54.2 Å². The van der Waals surface area contributed by atoms with Gasteiger partial charge in [-0.2, -0.15) is 0 Å². The van der Waals surface area contributed by atoms with Gasteiger partial charge < -0.3 is 4.90 Å². The van der Waals surface area contributed by atoms with E-state index in [1.54, 1.807) is 0 Å². The first kappa shape index (κ1) is 15.2. The molecule has 0 bridgehead atoms. The molecule has 2 rings (SSSR count). The quantitative estimate of drug-likeness (QED) is 0.639. The standard InChI is InChI=1S/C16H23BrClN/c1-3-16(4-2)7-9-19(10-8-16)15-6-5-14(18)11-13(15)12-17/h5-6,11H,3-4,7-10,12H2,1-2H3. The van der Waals surface area contributed by atoms with Gasteiger partial charge in [0.05, 0.1) is 0 Å². The van der Waals surface area contributed by atoms with Crippen molar-refractivity contribution in [3.8, 4) is 0 Å². The summed E-state index contributed by atoms with van der Waals surface area (Å²) in [4.78, 5) is 2.52. The number of piperidine rings is 1. The summed E-state index contributed by atoms with van der Waals surface area (Å²) < 4.78 is 0. The lowest BCUT2D eigenvalue weighted by Crippen LogP contribution is -2.40. The summed E-state index contributed by atoms with van der Waals surface area (Å²) in [5.41, 5.74) is 3.23. The molecule has 1 aliphatic heterocycles. The Kier molecular flexibility index (Phi) is 5.19. The number of anilines is 1. The van der Waals surface area contributed by atoms with Crippen LogP contribution < -0.4 is 4.90 Å². The predicted molar refractivity (Wildman–Crippen MR) is 88.5 cm³/mol. The van der Waals surface area contributed by atoms with Gasteiger partial charge in [0.25, 0.3) is 0 Å². The SMILES string of the molecule is CCC1(CC)CCN(c2ccc(Cl)cc2CBr)CC1. The minimum atomic E-state index is 0.581. The van der Waals surface area contributed by atoms with E-state index in [2.05, 4.69) is 46.8 Å². The zero-order chi connectivity index (χ0) is 13.9. The van der Waals surface area contributed by atoms with Crippen molar-refractivity contribution in [3.05, 3.63) is 28.8 Å². The van der Waals surface area contributed by atoms with Gasteiger partial charge in [0.1, 0.15) is 0 Å². The summed E-state index contributed by atoms with van der Waals surface area (Å²) in [5.74, 6) is 0. The Morgan fingerprint density at radius 2 is 1.84 bits per heavy atom. The highest BCUT2D eigenvalue weighted by Gasteiger charge is 2.31. The smallest absolute Gasteiger partial charge is 0.0410 e. The van der Waals surface area contributed by atoms with E-state index >= 15 is 0 Å². The first-order chi connectivity index (χ1) is 9.14. The molecule has 1 aromatic rings. The van der Waals surface area contributed by atoms with Crippen molar-refractivity contribution in [2.45, 2.75) is 44.9 Å². The van der Waals surface area contributed by atoms with Crippen LogP contribution in [0.15, 0.2) is 18.2 Å². The summed E-state index contributed by atoms with van der Waals surface area (Å²) in [6, 6.07) is 6.25. The molecule has 1 heterocycles. The van der Waals surface area contributed by atoms with E-state index < -0.39 is 0 Å². The third kappa shape index (κ3) is 3.28. The van der Waals surface area contributed by atoms with Crippen LogP contribution in [0.5, 0.6) is 0 Å². The number of halogens is 2. The molecule has 0 aromatic heterocycles. The van der Waals surface area contributed by atoms with Gasteiger partial charge in [-0.15, -0.1) is 0 Å². The molecule has 0 atom stereocenters. The summed E-state index contributed by atoms with van der Waals surface area (Å²) in [7, 11) is 0. The molecule has 0 saturated carbocycles. The van der Waals surface area contributed by atoms with E-state index in [-0.39, 0.29) is 0 Å². The molecule has 0 unspecified atom stereocenters. The van der Waals surface area contributed by atoms with Crippen molar-refractivity contribution in [1.82, 2.24) is 0 Å². The van der Waals surface area contributed by atoms with Crippen LogP contribution in [0.4, 0.5) is 5.69 Å². The fourth-order valence-corrected chi connectivity index (χ4v) is 3.79. The van der Waals surface area contributed by atoms with Crippen molar-refractivity contribution >= 4 is 33.2 Å². The summed E-state index contributed by atoms with van der Waals surface area (Å²) in [6.45, 7) is 7.02. The van der Waals surface area contributed by atoms with Crippen LogP contribution in [0, 0.1) is 5.41 Å². The maximum Gasteiger partial charge on any atom is 0.0410 e. The van der Waals surface area contributed by atoms with E-state index in [0.29, 0.717) is 5.41 Å². The number of hydrogen-bond donors (Lipinski definition) is 0. The molecule has 0 spiro atoms. The number of nitrogens with zero attached hydrogens (tertiary/aromatic N) is 1. The van der Waals surface area contributed by atoms with Crippen LogP contribution in [0.25, 0.3) is 0 Å². The van der Waals surface area contributed by atoms with Crippen LogP contribution in [-0.4, -0.2) is 13.1 Å². The Balaban J connectivity index is 2.13. The van der Waals surface area contributed by atoms with Crippen LogP contribution in [0.3, 0.4) is 0 Å². The number of hydrogen-bond acceptors (Lipinski definition) is 1. The molecule has 0 amide bonds. The van der Waals surface area contributed by atoms with Crippen molar-refractivity contribution < 1.29 is 0 Å². The molecule has 0 radical (unpaired) electrons. The fourth-order valence-electron chi connectivity index (χ4n) is 3.15. The zero-order valence-electron chi connectivity index (χ0n) is 11.9. The fraction of sp³-hybridized carbons (Fsp3) is 0.625. The minimum absolute atomic E-state index is 0.581. The zero-order valence-corrected chi connectivity index (χ0v) is 14.2. The first-order valence-electron chi connectivity index (χ1n) is 7.23. The number of alkyl halides is 1. The van der Waals surface area contributed by atoms with Crippen LogP contribution in [0.2, 0.25) is 5.02 Å². The minimum Gasteiger partial charge on any atom is -0.371 e. The first-order valence-corrected chi connectivity index (χ1v) is 8.73. The lowest BCUT2D eigenvalue weighted by atomic mass is 9.74. The average molecular weight is 345 g/mol. The molecular formula is C16H23BrClN. The molecule has 1 saturated heterocycles. The lowest BCUT2D eigenvalue weighted by molar-refractivity contribution is 0.199. The highest BCUT2D eigenvalue weighted by Crippen LogP contribution is 2.40. The van der Waals surface area contributed by atoms with Gasteiger partial charge in [-0.05, 0) is 42.0 Å². The average Bonchev–Trinajstić information content (AvgIpc) is 2.47. The third-order valence-electron chi connectivity index (χ3n) is 4.85. The summed E-state index contributed by atoms with van der Waals surface area (Å²) in [6.07, 6.45) is 5.24. The molecule has 106 valence electrons. The maximum absolute atomic E-state index is 6.09. The van der Waals surface area contributed by atoms with Gasteiger partial charge in [0.15, 0.2) is 0 Å². The normalized spacial score (nSPS) is 18.6. The molecule has 0 aliphatic carbocycles. The monoisotopic (exact) mass is 343 g/mol. The molecule has 0 N–H and O–H groups in total. The van der Waals surface area contributed by atoms with Gasteiger partial charge in [0.2, 0.25) is 0 Å². The second kappa shape index (κ2) is 6.49. The Hall–Kier alpha value is -0.210. The van der Waals surface area contributed by atoms with Crippen LogP contribution >= 0.6 is 27.5 Å². The second-order valence-corrected chi connectivity index (χ2v) is 6.60. The molecule has 19 heavy (non-hydrogen) atoms. The van der Waals surface area contributed by atoms with Gasteiger partial charge in [0, 0.05) is 29.1 Å². The van der Waals surface area contributed by atoms with E-state index in [9.17, 15) is 0 Å². The van der Waals surface area contributed by atoms with E-state index in [1.807, 2.05) is 6.07 Å². The van der Waals surface area contributed by atoms with Gasteiger partial charge in [-0.3, -0.25) is 0 Å². The highest BCUT2D eigenvalue weighted by molar-refractivity contribution is 9.08. The highest BCUT2D eigenvalue weighted by atomic mass is 79.9.